The van der Waals surface area contributed by atoms with Crippen LogP contribution < -0.4 is 24.4 Å². The molecule has 168 valence electrons. The van der Waals surface area contributed by atoms with Crippen molar-refractivity contribution >= 4 is 23.2 Å². The predicted octanol–water partition coefficient (Wildman–Crippen LogP) is 4.16. The zero-order valence-corrected chi connectivity index (χ0v) is 18.3. The van der Waals surface area contributed by atoms with Crippen LogP contribution in [-0.4, -0.2) is 35.8 Å². The Hall–Kier alpha value is -3.81. The molecule has 8 heteroatoms. The maximum Gasteiger partial charge on any atom is 0.245 e. The van der Waals surface area contributed by atoms with Crippen LogP contribution in [0.2, 0.25) is 0 Å². The number of carbonyl (C=O) groups excluding carboxylic acids is 1. The van der Waals surface area contributed by atoms with E-state index in [1.54, 1.807) is 18.5 Å². The summed E-state index contributed by atoms with van der Waals surface area (Å²) in [5.74, 6) is 2.42. The summed E-state index contributed by atoms with van der Waals surface area (Å²) in [4.78, 5) is 24.7. The molecule has 1 unspecified atom stereocenters. The lowest BCUT2D eigenvalue weighted by atomic mass is 9.76. The van der Waals surface area contributed by atoms with Gasteiger partial charge in [-0.1, -0.05) is 25.8 Å². The van der Waals surface area contributed by atoms with Crippen LogP contribution in [-0.2, 0) is 10.2 Å². The number of rotatable bonds is 6. The van der Waals surface area contributed by atoms with Gasteiger partial charge >= 0.3 is 0 Å². The number of nitrogens with zero attached hydrogens (tertiary/aromatic N) is 3. The van der Waals surface area contributed by atoms with Crippen LogP contribution in [0.1, 0.15) is 37.3 Å². The number of ether oxygens (including phenoxy) is 3. The van der Waals surface area contributed by atoms with Gasteiger partial charge in [-0.3, -0.25) is 4.79 Å². The summed E-state index contributed by atoms with van der Waals surface area (Å²) < 4.78 is 17.3. The molecule has 1 aromatic heterocycles. The molecule has 4 heterocycles. The number of carbonyl (C=O) groups is 1. The lowest BCUT2D eigenvalue weighted by Gasteiger charge is -2.24. The molecule has 3 aliphatic rings. The first kappa shape index (κ1) is 19.8. The number of hydrogen-bond acceptors (Lipinski definition) is 7. The van der Waals surface area contributed by atoms with E-state index >= 15 is 0 Å². The Morgan fingerprint density at radius 1 is 1.03 bits per heavy atom. The summed E-state index contributed by atoms with van der Waals surface area (Å²) in [6.07, 6.45) is 6.46. The molecule has 0 aliphatic carbocycles. The van der Waals surface area contributed by atoms with Crippen LogP contribution in [0.4, 0.5) is 17.3 Å². The number of aromatic nitrogens is 2. The normalized spacial score (nSPS) is 19.5. The van der Waals surface area contributed by atoms with Gasteiger partial charge in [-0.15, -0.1) is 0 Å². The van der Waals surface area contributed by atoms with Gasteiger partial charge in [0.1, 0.15) is 17.8 Å². The first-order valence-corrected chi connectivity index (χ1v) is 11.3. The van der Waals surface area contributed by atoms with Crippen LogP contribution >= 0.6 is 0 Å². The molecule has 6 rings (SSSR count). The van der Waals surface area contributed by atoms with Crippen molar-refractivity contribution in [1.29, 1.82) is 0 Å². The third kappa shape index (κ3) is 2.93. The molecule has 1 atom stereocenters. The van der Waals surface area contributed by atoms with E-state index in [-0.39, 0.29) is 19.3 Å². The summed E-state index contributed by atoms with van der Waals surface area (Å²) in [5, 5.41) is 3.33. The van der Waals surface area contributed by atoms with E-state index < -0.39 is 5.41 Å². The predicted molar refractivity (Wildman–Crippen MR) is 122 cm³/mol. The molecule has 1 N–H and O–H groups in total. The van der Waals surface area contributed by atoms with E-state index in [9.17, 15) is 4.79 Å². The molecule has 0 saturated heterocycles. The van der Waals surface area contributed by atoms with Gasteiger partial charge in [-0.05, 0) is 30.7 Å². The third-order valence-corrected chi connectivity index (χ3v) is 6.55. The van der Waals surface area contributed by atoms with Crippen LogP contribution in [0.25, 0.3) is 0 Å². The highest BCUT2D eigenvalue weighted by Gasteiger charge is 2.58. The zero-order valence-electron chi connectivity index (χ0n) is 18.3. The highest BCUT2D eigenvalue weighted by Crippen LogP contribution is 2.57. The van der Waals surface area contributed by atoms with E-state index in [1.807, 2.05) is 35.2 Å². The van der Waals surface area contributed by atoms with Gasteiger partial charge in [0.15, 0.2) is 11.5 Å². The largest absolute Gasteiger partial charge is 0.491 e. The Morgan fingerprint density at radius 3 is 2.67 bits per heavy atom. The Labute approximate surface area is 191 Å². The molecule has 0 radical (unpaired) electrons. The molecule has 0 saturated carbocycles. The maximum atomic E-state index is 14.2. The van der Waals surface area contributed by atoms with Gasteiger partial charge in [-0.2, -0.15) is 0 Å². The van der Waals surface area contributed by atoms with Crippen molar-refractivity contribution in [2.45, 2.75) is 31.6 Å². The minimum Gasteiger partial charge on any atom is -0.491 e. The molecular formula is C25H24N4O4. The second-order valence-electron chi connectivity index (χ2n) is 8.46. The SMILES string of the molecule is CCCCCN1C(=O)C2(COc3cc4c(cc32)OCO4)c2c(Nc3ncccn3)cccc21. The van der Waals surface area contributed by atoms with Crippen molar-refractivity contribution in [3.63, 3.8) is 0 Å². The van der Waals surface area contributed by atoms with E-state index in [2.05, 4.69) is 22.2 Å². The van der Waals surface area contributed by atoms with Crippen molar-refractivity contribution in [3.05, 3.63) is 59.9 Å². The van der Waals surface area contributed by atoms with Crippen LogP contribution in [0.15, 0.2) is 48.8 Å². The second-order valence-corrected chi connectivity index (χ2v) is 8.46. The smallest absolute Gasteiger partial charge is 0.245 e. The number of benzene rings is 2. The number of amides is 1. The number of fused-ring (bicyclic) bond motifs is 5. The molecule has 1 amide bonds. The van der Waals surface area contributed by atoms with Crippen molar-refractivity contribution in [3.8, 4) is 17.2 Å². The molecular weight excluding hydrogens is 420 g/mol. The monoisotopic (exact) mass is 444 g/mol. The quantitative estimate of drug-likeness (QED) is 0.571. The maximum absolute atomic E-state index is 14.2. The number of nitrogens with one attached hydrogen (secondary N) is 1. The number of unbranched alkanes of at least 4 members (excludes halogenated alkanes) is 2. The summed E-state index contributed by atoms with van der Waals surface area (Å²) in [6.45, 7) is 3.20. The summed E-state index contributed by atoms with van der Waals surface area (Å²) in [5.41, 5.74) is 2.40. The Bertz CT molecular complexity index is 1230. The lowest BCUT2D eigenvalue weighted by molar-refractivity contribution is -0.122. The average Bonchev–Trinajstić information content (AvgIpc) is 3.51. The fraction of sp³-hybridized carbons (Fsp3) is 0.320. The van der Waals surface area contributed by atoms with Gasteiger partial charge in [-0.25, -0.2) is 9.97 Å². The Kier molecular flexibility index (Phi) is 4.60. The fourth-order valence-electron chi connectivity index (χ4n) is 5.01. The summed E-state index contributed by atoms with van der Waals surface area (Å²) in [7, 11) is 0. The number of anilines is 3. The number of hydrogen-bond donors (Lipinski definition) is 1. The van der Waals surface area contributed by atoms with E-state index in [1.165, 1.54) is 0 Å². The molecule has 0 fully saturated rings. The van der Waals surface area contributed by atoms with Gasteiger partial charge in [0.2, 0.25) is 18.6 Å². The molecule has 33 heavy (non-hydrogen) atoms. The van der Waals surface area contributed by atoms with Crippen LogP contribution in [0.5, 0.6) is 17.2 Å². The van der Waals surface area contributed by atoms with Gasteiger partial charge in [0.05, 0.1) is 5.69 Å². The third-order valence-electron chi connectivity index (χ3n) is 6.55. The molecule has 1 spiro atoms. The van der Waals surface area contributed by atoms with E-state index in [4.69, 9.17) is 14.2 Å². The van der Waals surface area contributed by atoms with E-state index in [0.717, 1.165) is 41.8 Å². The summed E-state index contributed by atoms with van der Waals surface area (Å²) in [6, 6.07) is 11.4. The molecule has 3 aromatic rings. The minimum absolute atomic E-state index is 0.0226. The van der Waals surface area contributed by atoms with Crippen molar-refractivity contribution in [2.75, 3.05) is 30.2 Å². The fourth-order valence-corrected chi connectivity index (χ4v) is 5.01. The molecule has 8 nitrogen and oxygen atoms in total. The van der Waals surface area contributed by atoms with Crippen molar-refractivity contribution in [1.82, 2.24) is 9.97 Å². The van der Waals surface area contributed by atoms with Crippen molar-refractivity contribution < 1.29 is 19.0 Å². The van der Waals surface area contributed by atoms with Crippen molar-refractivity contribution in [2.24, 2.45) is 0 Å². The van der Waals surface area contributed by atoms with Gasteiger partial charge in [0.25, 0.3) is 0 Å². The summed E-state index contributed by atoms with van der Waals surface area (Å²) >= 11 is 0. The molecule has 2 aromatic carbocycles. The van der Waals surface area contributed by atoms with Crippen LogP contribution in [0.3, 0.4) is 0 Å². The molecule has 3 aliphatic heterocycles. The highest BCUT2D eigenvalue weighted by molar-refractivity contribution is 6.13. The highest BCUT2D eigenvalue weighted by atomic mass is 16.7. The minimum atomic E-state index is -0.976. The zero-order chi connectivity index (χ0) is 22.4. The Balaban J connectivity index is 1.52. The topological polar surface area (TPSA) is 85.8 Å². The average molecular weight is 444 g/mol. The molecule has 0 bridgehead atoms. The second kappa shape index (κ2) is 7.65. The van der Waals surface area contributed by atoms with Gasteiger partial charge in [0, 0.05) is 41.8 Å². The van der Waals surface area contributed by atoms with Crippen LogP contribution in [0, 0.1) is 0 Å². The first-order chi connectivity index (χ1) is 16.2. The Morgan fingerprint density at radius 2 is 1.85 bits per heavy atom. The van der Waals surface area contributed by atoms with E-state index in [0.29, 0.717) is 29.7 Å². The standard InChI is InChI=1S/C25H24N4O4/c1-2-3-4-11-29-18-8-5-7-17(28-24-26-9-6-10-27-24)22(18)25(23(29)30)14-31-19-13-21-20(12-16(19)25)32-15-33-21/h5-10,12-13H,2-4,11,14-15H2,1H3,(H,26,27,28). The first-order valence-electron chi connectivity index (χ1n) is 11.3. The van der Waals surface area contributed by atoms with Gasteiger partial charge < -0.3 is 24.4 Å². The lowest BCUT2D eigenvalue weighted by Crippen LogP contribution is -2.43.